The summed E-state index contributed by atoms with van der Waals surface area (Å²) >= 11 is 9.97. The Balaban J connectivity index is 1.70. The van der Waals surface area contributed by atoms with Crippen molar-refractivity contribution < 1.29 is 0 Å². The number of nitrogens with two attached hydrogens (primary N) is 1. The molecule has 1 aliphatic rings. The Kier molecular flexibility index (Phi) is 7.05. The van der Waals surface area contributed by atoms with E-state index in [4.69, 9.17) is 22.3 Å². The maximum atomic E-state index is 13.9. The molecule has 0 radical (unpaired) electrons. The van der Waals surface area contributed by atoms with Crippen molar-refractivity contribution in [3.8, 4) is 0 Å². The lowest BCUT2D eigenvalue weighted by Crippen LogP contribution is -2.43. The number of aromatic nitrogens is 4. The quantitative estimate of drug-likeness (QED) is 0.363. The molecule has 1 aliphatic carbocycles. The van der Waals surface area contributed by atoms with E-state index in [-0.39, 0.29) is 18.6 Å². The first-order valence-corrected chi connectivity index (χ1v) is 13.2. The molecule has 2 aromatic heterocycles. The van der Waals surface area contributed by atoms with Crippen LogP contribution < -0.4 is 22.3 Å². The van der Waals surface area contributed by atoms with E-state index < -0.39 is 11.2 Å². The SMILES string of the molecule is Cn1c(=O)n(Cc2ccccc2Cl)c(=O)c2c1nc(NC1CCCCC1N)n2Cc1ccccc1Br. The van der Waals surface area contributed by atoms with Crippen LogP contribution in [0.15, 0.2) is 62.6 Å². The van der Waals surface area contributed by atoms with Gasteiger partial charge in [-0.1, -0.05) is 76.8 Å². The number of fused-ring (bicyclic) bond motifs is 1. The van der Waals surface area contributed by atoms with E-state index in [9.17, 15) is 9.59 Å². The van der Waals surface area contributed by atoms with Crippen molar-refractivity contribution in [2.24, 2.45) is 12.8 Å². The van der Waals surface area contributed by atoms with Crippen LogP contribution in [0.4, 0.5) is 5.95 Å². The molecular weight excluding hydrogens is 544 g/mol. The largest absolute Gasteiger partial charge is 0.351 e. The fourth-order valence-corrected chi connectivity index (χ4v) is 5.48. The molecule has 0 saturated heterocycles. The molecule has 36 heavy (non-hydrogen) atoms. The highest BCUT2D eigenvalue weighted by atomic mass is 79.9. The number of halogens is 2. The van der Waals surface area contributed by atoms with E-state index in [1.807, 2.05) is 47.0 Å². The Bertz CT molecular complexity index is 1540. The van der Waals surface area contributed by atoms with Crippen LogP contribution >= 0.6 is 27.5 Å². The van der Waals surface area contributed by atoms with Gasteiger partial charge in [-0.25, -0.2) is 4.79 Å². The number of hydrogen-bond acceptors (Lipinski definition) is 5. The number of nitrogens with one attached hydrogen (secondary N) is 1. The van der Waals surface area contributed by atoms with Crippen LogP contribution in [0.1, 0.15) is 36.8 Å². The Morgan fingerprint density at radius 1 is 1.03 bits per heavy atom. The maximum Gasteiger partial charge on any atom is 0.332 e. The van der Waals surface area contributed by atoms with Crippen molar-refractivity contribution in [1.82, 2.24) is 18.7 Å². The van der Waals surface area contributed by atoms with Crippen molar-refractivity contribution in [2.45, 2.75) is 50.9 Å². The average Bonchev–Trinajstić information content (AvgIpc) is 3.22. The summed E-state index contributed by atoms with van der Waals surface area (Å²) in [7, 11) is 1.64. The highest BCUT2D eigenvalue weighted by molar-refractivity contribution is 9.10. The van der Waals surface area contributed by atoms with E-state index >= 15 is 0 Å². The minimum absolute atomic E-state index is 0.00354. The first kappa shape index (κ1) is 24.8. The van der Waals surface area contributed by atoms with Crippen LogP contribution in [-0.2, 0) is 20.1 Å². The molecule has 0 bridgehead atoms. The summed E-state index contributed by atoms with van der Waals surface area (Å²) in [5, 5.41) is 4.01. The summed E-state index contributed by atoms with van der Waals surface area (Å²) in [6.07, 6.45) is 4.05. The lowest BCUT2D eigenvalue weighted by Gasteiger charge is -2.29. The van der Waals surface area contributed by atoms with Crippen molar-refractivity contribution in [3.05, 3.63) is 90.0 Å². The maximum absolute atomic E-state index is 13.9. The molecule has 1 fully saturated rings. The number of anilines is 1. The van der Waals surface area contributed by atoms with Crippen LogP contribution in [-0.4, -0.2) is 30.8 Å². The molecule has 2 heterocycles. The van der Waals surface area contributed by atoms with Crippen LogP contribution in [0.2, 0.25) is 5.02 Å². The molecular formula is C26H28BrClN6O2. The van der Waals surface area contributed by atoms with Gasteiger partial charge in [0.15, 0.2) is 11.2 Å². The molecule has 1 saturated carbocycles. The summed E-state index contributed by atoms with van der Waals surface area (Å²) in [6.45, 7) is 0.458. The Morgan fingerprint density at radius 2 is 1.69 bits per heavy atom. The van der Waals surface area contributed by atoms with E-state index in [1.165, 1.54) is 9.13 Å². The van der Waals surface area contributed by atoms with Gasteiger partial charge in [0.2, 0.25) is 5.95 Å². The zero-order chi connectivity index (χ0) is 25.4. The Labute approximate surface area is 221 Å². The van der Waals surface area contributed by atoms with Gasteiger partial charge in [0.1, 0.15) is 0 Å². The lowest BCUT2D eigenvalue weighted by atomic mass is 9.91. The molecule has 5 rings (SSSR count). The second-order valence-electron chi connectivity index (χ2n) is 9.31. The van der Waals surface area contributed by atoms with Crippen LogP contribution in [0, 0.1) is 0 Å². The van der Waals surface area contributed by atoms with E-state index in [0.717, 1.165) is 35.7 Å². The third-order valence-corrected chi connectivity index (χ3v) is 8.08. The Hall–Kier alpha value is -2.88. The second-order valence-corrected chi connectivity index (χ2v) is 10.6. The highest BCUT2D eigenvalue weighted by Gasteiger charge is 2.26. The van der Waals surface area contributed by atoms with Crippen LogP contribution in [0.3, 0.4) is 0 Å². The average molecular weight is 572 g/mol. The minimum Gasteiger partial charge on any atom is -0.351 e. The van der Waals surface area contributed by atoms with Crippen LogP contribution in [0.25, 0.3) is 11.2 Å². The van der Waals surface area contributed by atoms with Gasteiger partial charge in [-0.3, -0.25) is 18.5 Å². The topological polar surface area (TPSA) is 99.9 Å². The summed E-state index contributed by atoms with van der Waals surface area (Å²) in [5.41, 5.74) is 7.93. The number of hydrogen-bond donors (Lipinski definition) is 2. The van der Waals surface area contributed by atoms with Gasteiger partial charge in [-0.2, -0.15) is 4.98 Å². The Morgan fingerprint density at radius 3 is 2.42 bits per heavy atom. The van der Waals surface area contributed by atoms with Gasteiger partial charge in [0.05, 0.1) is 13.1 Å². The molecule has 3 N–H and O–H groups in total. The number of aryl methyl sites for hydroxylation is 1. The van der Waals surface area contributed by atoms with Gasteiger partial charge in [0, 0.05) is 28.6 Å². The van der Waals surface area contributed by atoms with Crippen molar-refractivity contribution in [3.63, 3.8) is 0 Å². The standard InChI is InChI=1S/C26H28BrClN6O2/c1-32-23-22(24(35)34(26(32)36)15-17-9-3-5-11-19(17)28)33(14-16-8-2-4-10-18(16)27)25(31-23)30-21-13-7-6-12-20(21)29/h2-5,8-11,20-21H,6-7,12-15,29H2,1H3,(H,30,31). The zero-order valence-corrected chi connectivity index (χ0v) is 22.3. The van der Waals surface area contributed by atoms with Crippen LogP contribution in [0.5, 0.6) is 0 Å². The fourth-order valence-electron chi connectivity index (χ4n) is 4.87. The van der Waals surface area contributed by atoms with E-state index in [0.29, 0.717) is 34.2 Å². The highest BCUT2D eigenvalue weighted by Crippen LogP contribution is 2.26. The molecule has 8 nitrogen and oxygen atoms in total. The van der Waals surface area contributed by atoms with Crippen molar-refractivity contribution in [2.75, 3.05) is 5.32 Å². The predicted molar refractivity (Wildman–Crippen MR) is 147 cm³/mol. The number of imidazole rings is 1. The third-order valence-electron chi connectivity index (χ3n) is 6.94. The third kappa shape index (κ3) is 4.63. The van der Waals surface area contributed by atoms with Gasteiger partial charge in [-0.05, 0) is 36.1 Å². The summed E-state index contributed by atoms with van der Waals surface area (Å²) < 4.78 is 5.43. The molecule has 0 amide bonds. The monoisotopic (exact) mass is 570 g/mol. The predicted octanol–water partition coefficient (Wildman–Crippen LogP) is 4.09. The molecule has 4 aromatic rings. The first-order valence-electron chi connectivity index (χ1n) is 12.0. The van der Waals surface area contributed by atoms with E-state index in [1.54, 1.807) is 13.1 Å². The summed E-state index contributed by atoms with van der Waals surface area (Å²) in [5.74, 6) is 0.533. The lowest BCUT2D eigenvalue weighted by molar-refractivity contribution is 0.401. The van der Waals surface area contributed by atoms with Gasteiger partial charge < -0.3 is 11.1 Å². The molecule has 2 atom stereocenters. The molecule has 10 heteroatoms. The molecule has 0 spiro atoms. The molecule has 0 aliphatic heterocycles. The smallest absolute Gasteiger partial charge is 0.332 e. The minimum atomic E-state index is -0.445. The van der Waals surface area contributed by atoms with Crippen molar-refractivity contribution >= 4 is 44.6 Å². The normalized spacial score (nSPS) is 18.0. The fraction of sp³-hybridized carbons (Fsp3) is 0.346. The second kappa shape index (κ2) is 10.2. The van der Waals surface area contributed by atoms with Gasteiger partial charge >= 0.3 is 5.69 Å². The summed E-state index contributed by atoms with van der Waals surface area (Å²) in [6, 6.07) is 15.1. The molecule has 2 aromatic carbocycles. The number of nitrogens with zero attached hydrogens (tertiary/aromatic N) is 4. The number of benzene rings is 2. The molecule has 2 unspecified atom stereocenters. The summed E-state index contributed by atoms with van der Waals surface area (Å²) in [4.78, 5) is 31.9. The molecule has 188 valence electrons. The van der Waals surface area contributed by atoms with Crippen molar-refractivity contribution in [1.29, 1.82) is 0 Å². The van der Waals surface area contributed by atoms with Gasteiger partial charge in [-0.15, -0.1) is 0 Å². The zero-order valence-electron chi connectivity index (χ0n) is 20.0. The van der Waals surface area contributed by atoms with E-state index in [2.05, 4.69) is 21.2 Å². The number of rotatable bonds is 6. The first-order chi connectivity index (χ1) is 17.3. The van der Waals surface area contributed by atoms with Gasteiger partial charge in [0.25, 0.3) is 5.56 Å².